The summed E-state index contributed by atoms with van der Waals surface area (Å²) in [7, 11) is 0. The summed E-state index contributed by atoms with van der Waals surface area (Å²) in [6.45, 7) is 15.3. The lowest BCUT2D eigenvalue weighted by atomic mass is 9.97. The lowest BCUT2D eigenvalue weighted by molar-refractivity contribution is 0.258. The minimum absolute atomic E-state index is 0.787. The van der Waals surface area contributed by atoms with Crippen LogP contribution in [0.5, 0.6) is 0 Å². The van der Waals surface area contributed by atoms with Crippen LogP contribution < -0.4 is 5.32 Å². The fourth-order valence-electron chi connectivity index (χ4n) is 2.03. The van der Waals surface area contributed by atoms with Crippen LogP contribution in [0.15, 0.2) is 25.3 Å². The van der Waals surface area contributed by atoms with Crippen molar-refractivity contribution in [3.05, 3.63) is 25.3 Å². The quantitative estimate of drug-likeness (QED) is 0.645. The Morgan fingerprint density at radius 1 is 1.29 bits per heavy atom. The Morgan fingerprint density at radius 2 is 1.93 bits per heavy atom. The highest BCUT2D eigenvalue weighted by Crippen LogP contribution is 2.16. The Kier molecular flexibility index (Phi) is 4.91. The molecule has 2 nitrogen and oxygen atoms in total. The average molecular weight is 194 g/mol. The Labute approximate surface area is 87.7 Å². The van der Waals surface area contributed by atoms with Gasteiger partial charge in [-0.25, -0.2) is 0 Å². The first-order valence-electron chi connectivity index (χ1n) is 5.42. The van der Waals surface area contributed by atoms with Crippen LogP contribution in [0.3, 0.4) is 0 Å². The minimum Gasteiger partial charge on any atom is -0.316 e. The van der Waals surface area contributed by atoms with Crippen LogP contribution in [0.2, 0.25) is 0 Å². The molecule has 1 aliphatic rings. The van der Waals surface area contributed by atoms with Gasteiger partial charge in [0.05, 0.1) is 0 Å². The van der Waals surface area contributed by atoms with Crippen molar-refractivity contribution >= 4 is 0 Å². The smallest absolute Gasteiger partial charge is 0.0164 e. The molecule has 0 radical (unpaired) electrons. The van der Waals surface area contributed by atoms with Gasteiger partial charge in [-0.15, -0.1) is 13.2 Å². The molecule has 80 valence electrons. The standard InChI is InChI=1S/C12H22N2/c1-4-6-14(7-5-2)10-12-9-13-8-11(12)3/h4-5,11-13H,1-2,6-10H2,3H3/t11-,12+/m1/s1. The maximum Gasteiger partial charge on any atom is 0.0164 e. The van der Waals surface area contributed by atoms with Gasteiger partial charge in [0.25, 0.3) is 0 Å². The lowest BCUT2D eigenvalue weighted by Gasteiger charge is -2.24. The molecule has 0 aromatic heterocycles. The predicted molar refractivity (Wildman–Crippen MR) is 62.4 cm³/mol. The molecule has 0 aromatic carbocycles. The van der Waals surface area contributed by atoms with Gasteiger partial charge in [-0.2, -0.15) is 0 Å². The number of hydrogen-bond acceptors (Lipinski definition) is 2. The predicted octanol–water partition coefficient (Wildman–Crippen LogP) is 1.52. The second-order valence-electron chi connectivity index (χ2n) is 4.19. The highest BCUT2D eigenvalue weighted by atomic mass is 15.1. The van der Waals surface area contributed by atoms with E-state index in [4.69, 9.17) is 0 Å². The van der Waals surface area contributed by atoms with Gasteiger partial charge in [-0.1, -0.05) is 19.1 Å². The summed E-state index contributed by atoms with van der Waals surface area (Å²) in [6.07, 6.45) is 3.94. The lowest BCUT2D eigenvalue weighted by Crippen LogP contribution is -2.32. The summed E-state index contributed by atoms with van der Waals surface area (Å²) < 4.78 is 0. The van der Waals surface area contributed by atoms with Crippen molar-refractivity contribution in [2.24, 2.45) is 11.8 Å². The number of nitrogens with one attached hydrogen (secondary N) is 1. The highest BCUT2D eigenvalue weighted by Gasteiger charge is 2.24. The molecule has 1 fully saturated rings. The van der Waals surface area contributed by atoms with Gasteiger partial charge in [-0.05, 0) is 24.9 Å². The molecule has 14 heavy (non-hydrogen) atoms. The molecule has 0 unspecified atom stereocenters. The van der Waals surface area contributed by atoms with Crippen LogP contribution in [-0.2, 0) is 0 Å². The van der Waals surface area contributed by atoms with E-state index in [0.717, 1.165) is 38.0 Å². The molecule has 0 bridgehead atoms. The maximum absolute atomic E-state index is 3.78. The van der Waals surface area contributed by atoms with Crippen LogP contribution in [-0.4, -0.2) is 37.6 Å². The van der Waals surface area contributed by atoms with E-state index < -0.39 is 0 Å². The van der Waals surface area contributed by atoms with E-state index in [9.17, 15) is 0 Å². The van der Waals surface area contributed by atoms with Gasteiger partial charge < -0.3 is 5.32 Å². The second kappa shape index (κ2) is 5.99. The summed E-state index contributed by atoms with van der Waals surface area (Å²) in [5.74, 6) is 1.59. The fourth-order valence-corrected chi connectivity index (χ4v) is 2.03. The highest BCUT2D eigenvalue weighted by molar-refractivity contribution is 4.85. The van der Waals surface area contributed by atoms with Crippen molar-refractivity contribution in [1.82, 2.24) is 10.2 Å². The van der Waals surface area contributed by atoms with Crippen LogP contribution in [0.1, 0.15) is 6.92 Å². The SMILES string of the molecule is C=CCN(CC=C)C[C@@H]1CNC[C@H]1C. The maximum atomic E-state index is 3.78. The second-order valence-corrected chi connectivity index (χ2v) is 4.19. The molecule has 0 aromatic rings. The fraction of sp³-hybridized carbons (Fsp3) is 0.667. The summed E-state index contributed by atoms with van der Waals surface area (Å²) in [5, 5.41) is 3.43. The first kappa shape index (κ1) is 11.5. The summed E-state index contributed by atoms with van der Waals surface area (Å²) in [5.41, 5.74) is 0. The van der Waals surface area contributed by atoms with Crippen molar-refractivity contribution < 1.29 is 0 Å². The zero-order valence-corrected chi connectivity index (χ0v) is 9.21. The average Bonchev–Trinajstić information content (AvgIpc) is 2.53. The van der Waals surface area contributed by atoms with E-state index in [-0.39, 0.29) is 0 Å². The molecular formula is C12H22N2. The first-order valence-corrected chi connectivity index (χ1v) is 5.42. The van der Waals surface area contributed by atoms with Crippen LogP contribution in [0.25, 0.3) is 0 Å². The van der Waals surface area contributed by atoms with Gasteiger partial charge >= 0.3 is 0 Å². The number of nitrogens with zero attached hydrogens (tertiary/aromatic N) is 1. The summed E-state index contributed by atoms with van der Waals surface area (Å²) in [4.78, 5) is 2.40. The Bertz CT molecular complexity index is 179. The normalized spacial score (nSPS) is 26.7. The molecule has 2 heteroatoms. The molecule has 1 N–H and O–H groups in total. The van der Waals surface area contributed by atoms with Crippen molar-refractivity contribution in [2.45, 2.75) is 6.92 Å². The Balaban J connectivity index is 2.36. The zero-order valence-electron chi connectivity index (χ0n) is 9.21. The van der Waals surface area contributed by atoms with E-state index in [0.29, 0.717) is 0 Å². The molecule has 2 atom stereocenters. The Morgan fingerprint density at radius 3 is 2.36 bits per heavy atom. The summed E-state index contributed by atoms with van der Waals surface area (Å²) >= 11 is 0. The minimum atomic E-state index is 0.787. The van der Waals surface area contributed by atoms with Crippen molar-refractivity contribution in [3.63, 3.8) is 0 Å². The van der Waals surface area contributed by atoms with Crippen LogP contribution >= 0.6 is 0 Å². The third-order valence-corrected chi connectivity index (χ3v) is 2.94. The number of rotatable bonds is 6. The van der Waals surface area contributed by atoms with Crippen LogP contribution in [0.4, 0.5) is 0 Å². The molecule has 1 heterocycles. The molecule has 1 saturated heterocycles. The van der Waals surface area contributed by atoms with Gasteiger partial charge in [0, 0.05) is 19.6 Å². The largest absolute Gasteiger partial charge is 0.316 e. The molecule has 0 spiro atoms. The topological polar surface area (TPSA) is 15.3 Å². The summed E-state index contributed by atoms with van der Waals surface area (Å²) in [6, 6.07) is 0. The molecule has 1 rings (SSSR count). The number of hydrogen-bond donors (Lipinski definition) is 1. The molecule has 0 saturated carbocycles. The van der Waals surface area contributed by atoms with Gasteiger partial charge in [0.15, 0.2) is 0 Å². The molecule has 0 aliphatic carbocycles. The molecule has 1 aliphatic heterocycles. The first-order chi connectivity index (χ1) is 6.77. The zero-order chi connectivity index (χ0) is 10.4. The molecule has 0 amide bonds. The van der Waals surface area contributed by atoms with Crippen molar-refractivity contribution in [2.75, 3.05) is 32.7 Å². The van der Waals surface area contributed by atoms with E-state index >= 15 is 0 Å². The van der Waals surface area contributed by atoms with Crippen molar-refractivity contribution in [1.29, 1.82) is 0 Å². The molecular weight excluding hydrogens is 172 g/mol. The third-order valence-electron chi connectivity index (χ3n) is 2.94. The van der Waals surface area contributed by atoms with E-state index in [1.165, 1.54) is 6.54 Å². The van der Waals surface area contributed by atoms with Gasteiger partial charge in [0.2, 0.25) is 0 Å². The van der Waals surface area contributed by atoms with Gasteiger partial charge in [0.1, 0.15) is 0 Å². The Hall–Kier alpha value is -0.600. The van der Waals surface area contributed by atoms with Gasteiger partial charge in [-0.3, -0.25) is 4.90 Å². The third kappa shape index (κ3) is 3.28. The monoisotopic (exact) mass is 194 g/mol. The van der Waals surface area contributed by atoms with Crippen LogP contribution in [0, 0.1) is 11.8 Å². The van der Waals surface area contributed by atoms with E-state index in [1.807, 2.05) is 12.2 Å². The van der Waals surface area contributed by atoms with E-state index in [1.54, 1.807) is 0 Å². The van der Waals surface area contributed by atoms with E-state index in [2.05, 4.69) is 30.3 Å². The van der Waals surface area contributed by atoms with Crippen molar-refractivity contribution in [3.8, 4) is 0 Å².